The standard InChI is InChI=1S/C23H30N2O4S/c1-4-6-7-8-12-28-22(26)14-25-19-13-17(18-15-30-21(24-18)9-5-2)10-11-20(19)29-16(3)23(25)27/h10-11,13,15-16H,4-9,12,14H2,1-3H3. The minimum absolute atomic E-state index is 0.116. The van der Waals surface area contributed by atoms with E-state index in [-0.39, 0.29) is 12.5 Å². The molecule has 0 radical (unpaired) electrons. The van der Waals surface area contributed by atoms with Crippen LogP contribution in [0.1, 0.15) is 57.9 Å². The molecule has 0 saturated heterocycles. The van der Waals surface area contributed by atoms with Crippen molar-refractivity contribution in [3.8, 4) is 17.0 Å². The number of benzene rings is 1. The van der Waals surface area contributed by atoms with Crippen molar-refractivity contribution < 1.29 is 19.1 Å². The lowest BCUT2D eigenvalue weighted by Gasteiger charge is -2.32. The average Bonchev–Trinajstić information content (AvgIpc) is 3.20. The lowest BCUT2D eigenvalue weighted by Crippen LogP contribution is -2.47. The van der Waals surface area contributed by atoms with Crippen molar-refractivity contribution in [1.82, 2.24) is 4.98 Å². The fraction of sp³-hybridized carbons (Fsp3) is 0.522. The van der Waals surface area contributed by atoms with E-state index in [9.17, 15) is 9.59 Å². The monoisotopic (exact) mass is 430 g/mol. The number of anilines is 1. The zero-order valence-electron chi connectivity index (χ0n) is 18.0. The van der Waals surface area contributed by atoms with Crippen molar-refractivity contribution in [2.24, 2.45) is 0 Å². The number of fused-ring (bicyclic) bond motifs is 1. The summed E-state index contributed by atoms with van der Waals surface area (Å²) < 4.78 is 11.1. The van der Waals surface area contributed by atoms with E-state index in [1.807, 2.05) is 23.6 Å². The third kappa shape index (κ3) is 5.39. The highest BCUT2D eigenvalue weighted by molar-refractivity contribution is 7.09. The molecule has 1 atom stereocenters. The van der Waals surface area contributed by atoms with Crippen LogP contribution in [0.5, 0.6) is 5.75 Å². The molecule has 0 aliphatic carbocycles. The van der Waals surface area contributed by atoms with Crippen LogP contribution in [0.2, 0.25) is 0 Å². The molecule has 1 unspecified atom stereocenters. The van der Waals surface area contributed by atoms with Gasteiger partial charge in [-0.2, -0.15) is 0 Å². The van der Waals surface area contributed by atoms with Gasteiger partial charge >= 0.3 is 5.97 Å². The number of unbranched alkanes of at least 4 members (excludes halogenated alkanes) is 3. The smallest absolute Gasteiger partial charge is 0.326 e. The van der Waals surface area contributed by atoms with Crippen molar-refractivity contribution in [2.75, 3.05) is 18.1 Å². The third-order valence-corrected chi connectivity index (χ3v) is 5.94. The van der Waals surface area contributed by atoms with Gasteiger partial charge in [-0.25, -0.2) is 4.98 Å². The number of carbonyl (C=O) groups is 2. The van der Waals surface area contributed by atoms with Gasteiger partial charge in [0.2, 0.25) is 0 Å². The van der Waals surface area contributed by atoms with Crippen molar-refractivity contribution in [3.05, 3.63) is 28.6 Å². The quantitative estimate of drug-likeness (QED) is 0.392. The zero-order valence-corrected chi connectivity index (χ0v) is 18.8. The highest BCUT2D eigenvalue weighted by Crippen LogP contribution is 2.37. The first kappa shape index (κ1) is 22.3. The second-order valence-electron chi connectivity index (χ2n) is 7.52. The van der Waals surface area contributed by atoms with Gasteiger partial charge in [-0.15, -0.1) is 11.3 Å². The lowest BCUT2D eigenvalue weighted by atomic mass is 10.1. The minimum atomic E-state index is -0.642. The number of thiazole rings is 1. The third-order valence-electron chi connectivity index (χ3n) is 5.03. The normalized spacial score (nSPS) is 15.6. The Morgan fingerprint density at radius 2 is 2.07 bits per heavy atom. The van der Waals surface area contributed by atoms with Gasteiger partial charge in [-0.05, 0) is 44.4 Å². The molecule has 0 spiro atoms. The molecule has 0 N–H and O–H groups in total. The maximum absolute atomic E-state index is 12.8. The number of esters is 1. The summed E-state index contributed by atoms with van der Waals surface area (Å²) in [7, 11) is 0. The van der Waals surface area contributed by atoms with Gasteiger partial charge in [0, 0.05) is 10.9 Å². The van der Waals surface area contributed by atoms with Crippen LogP contribution in [0.15, 0.2) is 23.6 Å². The van der Waals surface area contributed by atoms with Gasteiger partial charge in [-0.3, -0.25) is 14.5 Å². The van der Waals surface area contributed by atoms with Crippen LogP contribution in [0.25, 0.3) is 11.3 Å². The first-order chi connectivity index (χ1) is 14.5. The summed E-state index contributed by atoms with van der Waals surface area (Å²) >= 11 is 1.64. The van der Waals surface area contributed by atoms with Gasteiger partial charge < -0.3 is 9.47 Å². The molecule has 0 fully saturated rings. The SMILES string of the molecule is CCCCCCOC(=O)CN1C(=O)C(C)Oc2ccc(-c3csc(CCC)n3)cc21. The number of rotatable bonds is 10. The van der Waals surface area contributed by atoms with Crippen LogP contribution < -0.4 is 9.64 Å². The van der Waals surface area contributed by atoms with E-state index in [1.54, 1.807) is 18.3 Å². The molecule has 162 valence electrons. The highest BCUT2D eigenvalue weighted by atomic mass is 32.1. The van der Waals surface area contributed by atoms with Crippen molar-refractivity contribution in [3.63, 3.8) is 0 Å². The van der Waals surface area contributed by atoms with E-state index in [0.29, 0.717) is 18.0 Å². The van der Waals surface area contributed by atoms with Crippen molar-refractivity contribution >= 4 is 28.9 Å². The van der Waals surface area contributed by atoms with Gasteiger partial charge in [0.05, 0.1) is 23.0 Å². The number of amides is 1. The Hall–Kier alpha value is -2.41. The fourth-order valence-corrected chi connectivity index (χ4v) is 4.30. The predicted molar refractivity (Wildman–Crippen MR) is 119 cm³/mol. The molecular weight excluding hydrogens is 400 g/mol. The molecule has 1 aromatic carbocycles. The first-order valence-corrected chi connectivity index (χ1v) is 11.6. The molecule has 3 rings (SSSR count). The Labute approximate surface area is 182 Å². The van der Waals surface area contributed by atoms with E-state index < -0.39 is 12.1 Å². The summed E-state index contributed by atoms with van der Waals surface area (Å²) in [6.45, 7) is 6.23. The average molecular weight is 431 g/mol. The number of hydrogen-bond acceptors (Lipinski definition) is 6. The minimum Gasteiger partial charge on any atom is -0.479 e. The van der Waals surface area contributed by atoms with Crippen LogP contribution in [0, 0.1) is 0 Å². The molecule has 1 aliphatic heterocycles. The van der Waals surface area contributed by atoms with E-state index in [0.717, 1.165) is 54.8 Å². The predicted octanol–water partition coefficient (Wildman–Crippen LogP) is 5.00. The Balaban J connectivity index is 1.76. The second kappa shape index (κ2) is 10.6. The zero-order chi connectivity index (χ0) is 21.5. The van der Waals surface area contributed by atoms with Crippen LogP contribution in [-0.4, -0.2) is 36.1 Å². The fourth-order valence-electron chi connectivity index (χ4n) is 3.39. The van der Waals surface area contributed by atoms with E-state index in [1.165, 1.54) is 4.90 Å². The van der Waals surface area contributed by atoms with Gasteiger partial charge in [0.1, 0.15) is 12.3 Å². The summed E-state index contributed by atoms with van der Waals surface area (Å²) in [6.07, 6.45) is 5.50. The summed E-state index contributed by atoms with van der Waals surface area (Å²) in [5, 5.41) is 3.12. The molecule has 2 heterocycles. The highest BCUT2D eigenvalue weighted by Gasteiger charge is 2.33. The second-order valence-corrected chi connectivity index (χ2v) is 8.47. The van der Waals surface area contributed by atoms with Gasteiger partial charge in [0.15, 0.2) is 6.10 Å². The molecule has 0 bridgehead atoms. The Bertz CT molecular complexity index is 880. The molecule has 7 heteroatoms. The van der Waals surface area contributed by atoms with Crippen LogP contribution >= 0.6 is 11.3 Å². The topological polar surface area (TPSA) is 68.7 Å². The van der Waals surface area contributed by atoms with Gasteiger partial charge in [0.25, 0.3) is 5.91 Å². The summed E-state index contributed by atoms with van der Waals surface area (Å²) in [5.41, 5.74) is 2.36. The number of aryl methyl sites for hydroxylation is 1. The number of aromatic nitrogens is 1. The van der Waals surface area contributed by atoms with E-state index >= 15 is 0 Å². The van der Waals surface area contributed by atoms with Crippen molar-refractivity contribution in [2.45, 2.75) is 65.4 Å². The Morgan fingerprint density at radius 3 is 2.83 bits per heavy atom. The maximum Gasteiger partial charge on any atom is 0.326 e. The Kier molecular flexibility index (Phi) is 7.85. The molecule has 30 heavy (non-hydrogen) atoms. The van der Waals surface area contributed by atoms with E-state index in [4.69, 9.17) is 9.47 Å². The lowest BCUT2D eigenvalue weighted by molar-refractivity contribution is -0.143. The molecule has 0 saturated carbocycles. The van der Waals surface area contributed by atoms with Crippen LogP contribution in [0.4, 0.5) is 5.69 Å². The number of nitrogens with zero attached hydrogens (tertiary/aromatic N) is 2. The molecule has 1 aliphatic rings. The molecule has 1 aromatic heterocycles. The number of hydrogen-bond donors (Lipinski definition) is 0. The molecule has 6 nitrogen and oxygen atoms in total. The summed E-state index contributed by atoms with van der Waals surface area (Å²) in [4.78, 5) is 31.3. The Morgan fingerprint density at radius 1 is 1.23 bits per heavy atom. The largest absolute Gasteiger partial charge is 0.479 e. The number of carbonyl (C=O) groups excluding carboxylic acids is 2. The maximum atomic E-state index is 12.8. The number of ether oxygens (including phenoxy) is 2. The first-order valence-electron chi connectivity index (χ1n) is 10.8. The summed E-state index contributed by atoms with van der Waals surface area (Å²) in [5.74, 6) is -0.0534. The van der Waals surface area contributed by atoms with Crippen LogP contribution in [-0.2, 0) is 20.7 Å². The van der Waals surface area contributed by atoms with E-state index in [2.05, 4.69) is 18.8 Å². The molecule has 2 aromatic rings. The van der Waals surface area contributed by atoms with Crippen LogP contribution in [0.3, 0.4) is 0 Å². The molecule has 1 amide bonds. The summed E-state index contributed by atoms with van der Waals surface area (Å²) in [6, 6.07) is 5.66. The van der Waals surface area contributed by atoms with Crippen molar-refractivity contribution in [1.29, 1.82) is 0 Å². The molecular formula is C23H30N2O4S. The van der Waals surface area contributed by atoms with Gasteiger partial charge in [-0.1, -0.05) is 33.1 Å².